The largest absolute Gasteiger partial charge is 0.399 e. The Morgan fingerprint density at radius 3 is 2.32 bits per heavy atom. The van der Waals surface area contributed by atoms with Gasteiger partial charge in [0.15, 0.2) is 0 Å². The fraction of sp³-hybridized carbons (Fsp3) is 0.562. The SMILES string of the molecule is Cc1cc(C(=O)NCC2C(C)(C)C2(C)C)ccc1N. The van der Waals surface area contributed by atoms with Crippen molar-refractivity contribution < 1.29 is 4.79 Å². The van der Waals surface area contributed by atoms with Gasteiger partial charge in [0, 0.05) is 17.8 Å². The summed E-state index contributed by atoms with van der Waals surface area (Å²) in [6.45, 7) is 11.7. The number of rotatable bonds is 3. The van der Waals surface area contributed by atoms with Gasteiger partial charge < -0.3 is 11.1 Å². The van der Waals surface area contributed by atoms with Crippen molar-refractivity contribution in [2.24, 2.45) is 16.7 Å². The zero-order chi connectivity index (χ0) is 14.4. The highest BCUT2D eigenvalue weighted by Gasteiger charge is 2.64. The molecule has 3 nitrogen and oxygen atoms in total. The van der Waals surface area contributed by atoms with Crippen LogP contribution < -0.4 is 11.1 Å². The van der Waals surface area contributed by atoms with Gasteiger partial charge in [-0.3, -0.25) is 4.79 Å². The van der Waals surface area contributed by atoms with E-state index in [9.17, 15) is 4.79 Å². The van der Waals surface area contributed by atoms with Gasteiger partial charge in [0.05, 0.1) is 0 Å². The molecule has 1 amide bonds. The number of nitrogens with two attached hydrogens (primary N) is 1. The first-order valence-corrected chi connectivity index (χ1v) is 6.82. The van der Waals surface area contributed by atoms with Crippen molar-refractivity contribution in [3.63, 3.8) is 0 Å². The van der Waals surface area contributed by atoms with Gasteiger partial charge in [-0.1, -0.05) is 27.7 Å². The van der Waals surface area contributed by atoms with Crippen LogP contribution in [0.5, 0.6) is 0 Å². The molecular formula is C16H24N2O. The van der Waals surface area contributed by atoms with Gasteiger partial charge in [0.25, 0.3) is 5.91 Å². The van der Waals surface area contributed by atoms with Gasteiger partial charge in [-0.05, 0) is 47.4 Å². The van der Waals surface area contributed by atoms with E-state index >= 15 is 0 Å². The fourth-order valence-corrected chi connectivity index (χ4v) is 2.96. The summed E-state index contributed by atoms with van der Waals surface area (Å²) in [7, 11) is 0. The minimum Gasteiger partial charge on any atom is -0.399 e. The highest BCUT2D eigenvalue weighted by Crippen LogP contribution is 2.67. The van der Waals surface area contributed by atoms with Gasteiger partial charge in [0.2, 0.25) is 0 Å². The molecule has 3 N–H and O–H groups in total. The predicted octanol–water partition coefficient (Wildman–Crippen LogP) is 2.99. The summed E-state index contributed by atoms with van der Waals surface area (Å²) in [6, 6.07) is 5.41. The third-order valence-electron chi connectivity index (χ3n) is 5.32. The highest BCUT2D eigenvalue weighted by atomic mass is 16.1. The number of carbonyl (C=O) groups is 1. The van der Waals surface area contributed by atoms with Crippen LogP contribution in [-0.4, -0.2) is 12.5 Å². The second-order valence-electron chi connectivity index (χ2n) is 6.78. The van der Waals surface area contributed by atoms with E-state index in [1.807, 2.05) is 13.0 Å². The molecule has 0 unspecified atom stereocenters. The van der Waals surface area contributed by atoms with Gasteiger partial charge in [0.1, 0.15) is 0 Å². The Labute approximate surface area is 115 Å². The van der Waals surface area contributed by atoms with Gasteiger partial charge in [-0.25, -0.2) is 0 Å². The van der Waals surface area contributed by atoms with E-state index < -0.39 is 0 Å². The Balaban J connectivity index is 1.98. The minimum absolute atomic E-state index is 0.0124. The molecule has 3 heteroatoms. The monoisotopic (exact) mass is 260 g/mol. The van der Waals surface area contributed by atoms with Crippen molar-refractivity contribution in [1.82, 2.24) is 5.32 Å². The van der Waals surface area contributed by atoms with Crippen LogP contribution in [0.1, 0.15) is 43.6 Å². The van der Waals surface area contributed by atoms with Crippen LogP contribution in [0.25, 0.3) is 0 Å². The number of carbonyl (C=O) groups excluding carboxylic acids is 1. The molecule has 1 aliphatic carbocycles. The lowest BCUT2D eigenvalue weighted by Crippen LogP contribution is -2.27. The molecule has 1 fully saturated rings. The molecule has 0 heterocycles. The third-order valence-corrected chi connectivity index (χ3v) is 5.32. The molecule has 1 aliphatic rings. The molecule has 0 aliphatic heterocycles. The molecule has 0 spiro atoms. The molecule has 0 saturated heterocycles. The maximum atomic E-state index is 12.1. The average Bonchev–Trinajstić information content (AvgIpc) is 2.70. The Morgan fingerprint density at radius 1 is 1.26 bits per heavy atom. The number of aryl methyl sites for hydroxylation is 1. The lowest BCUT2D eigenvalue weighted by Gasteiger charge is -2.08. The number of hydrogen-bond acceptors (Lipinski definition) is 2. The average molecular weight is 260 g/mol. The van der Waals surface area contributed by atoms with Crippen molar-refractivity contribution >= 4 is 11.6 Å². The second-order valence-corrected chi connectivity index (χ2v) is 6.78. The van der Waals surface area contributed by atoms with E-state index in [0.717, 1.165) is 17.8 Å². The Bertz CT molecular complexity index is 503. The number of anilines is 1. The summed E-state index contributed by atoms with van der Waals surface area (Å²) in [5.74, 6) is 0.528. The summed E-state index contributed by atoms with van der Waals surface area (Å²) >= 11 is 0. The first kappa shape index (κ1) is 13.9. The third kappa shape index (κ3) is 2.22. The van der Waals surface area contributed by atoms with Crippen molar-refractivity contribution in [3.05, 3.63) is 29.3 Å². The first-order chi connectivity index (χ1) is 8.68. The molecule has 1 saturated carbocycles. The summed E-state index contributed by atoms with van der Waals surface area (Å²) in [6.07, 6.45) is 0. The van der Waals surface area contributed by atoms with Gasteiger partial charge >= 0.3 is 0 Å². The Morgan fingerprint density at radius 2 is 1.84 bits per heavy atom. The van der Waals surface area contributed by atoms with E-state index in [-0.39, 0.29) is 5.91 Å². The molecule has 0 atom stereocenters. The zero-order valence-corrected chi connectivity index (χ0v) is 12.5. The molecule has 0 radical (unpaired) electrons. The second kappa shape index (κ2) is 4.26. The standard InChI is InChI=1S/C16H24N2O/c1-10-8-11(6-7-12(10)17)14(19)18-9-13-15(2,3)16(13,4)5/h6-8,13H,9,17H2,1-5H3,(H,18,19). The van der Waals surface area contributed by atoms with E-state index in [4.69, 9.17) is 5.73 Å². The number of amides is 1. The van der Waals surface area contributed by atoms with Crippen LogP contribution in [0, 0.1) is 23.7 Å². The number of nitrogen functional groups attached to an aromatic ring is 1. The van der Waals surface area contributed by atoms with E-state index in [2.05, 4.69) is 33.0 Å². The number of hydrogen-bond donors (Lipinski definition) is 2. The Hall–Kier alpha value is -1.51. The summed E-state index contributed by atoms with van der Waals surface area (Å²) in [4.78, 5) is 12.1. The van der Waals surface area contributed by atoms with Crippen molar-refractivity contribution in [3.8, 4) is 0 Å². The molecule has 1 aromatic carbocycles. The molecule has 19 heavy (non-hydrogen) atoms. The van der Waals surface area contributed by atoms with Crippen LogP contribution in [0.4, 0.5) is 5.69 Å². The van der Waals surface area contributed by atoms with Crippen LogP contribution >= 0.6 is 0 Å². The topological polar surface area (TPSA) is 55.1 Å². The van der Waals surface area contributed by atoms with Gasteiger partial charge in [-0.15, -0.1) is 0 Å². The lowest BCUT2D eigenvalue weighted by molar-refractivity contribution is 0.0950. The zero-order valence-electron chi connectivity index (χ0n) is 12.5. The van der Waals surface area contributed by atoms with E-state index in [1.165, 1.54) is 0 Å². The maximum absolute atomic E-state index is 12.1. The molecule has 2 rings (SSSR count). The molecule has 1 aromatic rings. The highest BCUT2D eigenvalue weighted by molar-refractivity contribution is 5.94. The van der Waals surface area contributed by atoms with Crippen LogP contribution in [-0.2, 0) is 0 Å². The van der Waals surface area contributed by atoms with E-state index in [0.29, 0.717) is 22.3 Å². The van der Waals surface area contributed by atoms with Crippen LogP contribution in [0.2, 0.25) is 0 Å². The normalized spacial score (nSPS) is 20.1. The summed E-state index contributed by atoms with van der Waals surface area (Å²) in [5.41, 5.74) is 8.72. The molecular weight excluding hydrogens is 236 g/mol. The van der Waals surface area contributed by atoms with Crippen molar-refractivity contribution in [1.29, 1.82) is 0 Å². The van der Waals surface area contributed by atoms with Crippen LogP contribution in [0.15, 0.2) is 18.2 Å². The first-order valence-electron chi connectivity index (χ1n) is 6.82. The Kier molecular flexibility index (Phi) is 3.12. The van der Waals surface area contributed by atoms with Crippen molar-refractivity contribution in [2.75, 3.05) is 12.3 Å². The molecule has 0 aromatic heterocycles. The summed E-state index contributed by atoms with van der Waals surface area (Å²) in [5, 5.41) is 3.04. The smallest absolute Gasteiger partial charge is 0.251 e. The maximum Gasteiger partial charge on any atom is 0.251 e. The summed E-state index contributed by atoms with van der Waals surface area (Å²) < 4.78 is 0. The molecule has 104 valence electrons. The number of benzene rings is 1. The molecule has 0 bridgehead atoms. The van der Waals surface area contributed by atoms with Gasteiger partial charge in [-0.2, -0.15) is 0 Å². The van der Waals surface area contributed by atoms with Crippen LogP contribution in [0.3, 0.4) is 0 Å². The lowest BCUT2D eigenvalue weighted by atomic mass is 10.0. The fourth-order valence-electron chi connectivity index (χ4n) is 2.96. The van der Waals surface area contributed by atoms with E-state index in [1.54, 1.807) is 12.1 Å². The van der Waals surface area contributed by atoms with Crippen molar-refractivity contribution in [2.45, 2.75) is 34.6 Å². The quantitative estimate of drug-likeness (QED) is 0.821. The predicted molar refractivity (Wildman–Crippen MR) is 79.0 cm³/mol. The minimum atomic E-state index is -0.0124. The number of nitrogens with one attached hydrogen (secondary N) is 1.